The number of rotatable bonds is 3. The lowest BCUT2D eigenvalue weighted by molar-refractivity contribution is 0.0365. The molecule has 0 bridgehead atoms. The Balaban J connectivity index is 2.47. The van der Waals surface area contributed by atoms with E-state index in [1.54, 1.807) is 31.2 Å². The van der Waals surface area contributed by atoms with E-state index in [2.05, 4.69) is 0 Å². The first-order valence-corrected chi connectivity index (χ1v) is 5.78. The van der Waals surface area contributed by atoms with Crippen molar-refractivity contribution in [3.63, 3.8) is 0 Å². The summed E-state index contributed by atoms with van der Waals surface area (Å²) in [7, 11) is 0. The first-order chi connectivity index (χ1) is 7.94. The van der Waals surface area contributed by atoms with Gasteiger partial charge in [0.25, 0.3) is 0 Å². The fourth-order valence-electron chi connectivity index (χ4n) is 1.55. The highest BCUT2D eigenvalue weighted by atomic mass is 35.5. The maximum Gasteiger partial charge on any atom is 0.229 e. The fourth-order valence-corrected chi connectivity index (χ4v) is 1.73. The number of Topliss-reactive ketones (excluding diaryl/α,β-unsaturated/α-hetero) is 1. The number of furan rings is 1. The molecule has 0 fully saturated rings. The highest BCUT2D eigenvalue weighted by Gasteiger charge is 2.31. The lowest BCUT2D eigenvalue weighted by Crippen LogP contribution is -2.33. The van der Waals surface area contributed by atoms with Gasteiger partial charge < -0.3 is 9.52 Å². The Labute approximate surface area is 104 Å². The minimum atomic E-state index is -1.39. The molecule has 2 rings (SSSR count). The van der Waals surface area contributed by atoms with Crippen molar-refractivity contribution >= 4 is 28.4 Å². The van der Waals surface area contributed by atoms with Crippen molar-refractivity contribution in [3.05, 3.63) is 35.0 Å². The third-order valence-electron chi connectivity index (χ3n) is 2.88. The second-order valence-corrected chi connectivity index (χ2v) is 4.69. The number of ketones is 1. The summed E-state index contributed by atoms with van der Waals surface area (Å²) in [5, 5.41) is 11.2. The van der Waals surface area contributed by atoms with Gasteiger partial charge in [-0.15, -0.1) is 0 Å². The molecule has 4 heteroatoms. The molecule has 1 heterocycles. The summed E-state index contributed by atoms with van der Waals surface area (Å²) in [6.45, 7) is 3.23. The topological polar surface area (TPSA) is 50.4 Å². The summed E-state index contributed by atoms with van der Waals surface area (Å²) in [5.41, 5.74) is -0.804. The van der Waals surface area contributed by atoms with Crippen molar-refractivity contribution in [2.24, 2.45) is 0 Å². The number of aliphatic hydroxyl groups is 1. The normalized spacial score (nSPS) is 14.8. The van der Waals surface area contributed by atoms with E-state index in [1.807, 2.05) is 0 Å². The molecule has 0 spiro atoms. The molecule has 0 saturated carbocycles. The first-order valence-electron chi connectivity index (χ1n) is 5.40. The number of halogens is 1. The van der Waals surface area contributed by atoms with E-state index in [9.17, 15) is 9.90 Å². The zero-order chi connectivity index (χ0) is 12.6. The van der Waals surface area contributed by atoms with Crippen LogP contribution in [0.4, 0.5) is 0 Å². The fraction of sp³-hybridized carbons (Fsp3) is 0.308. The lowest BCUT2D eigenvalue weighted by Gasteiger charge is -2.17. The number of hydrogen-bond donors (Lipinski definition) is 1. The molecule has 0 saturated heterocycles. The van der Waals surface area contributed by atoms with Gasteiger partial charge in [0.05, 0.1) is 0 Å². The molecule has 1 aromatic heterocycles. The number of carbonyl (C=O) groups excluding carboxylic acids is 1. The zero-order valence-electron chi connectivity index (χ0n) is 9.66. The van der Waals surface area contributed by atoms with Gasteiger partial charge in [0.1, 0.15) is 11.2 Å². The maximum absolute atomic E-state index is 12.0. The van der Waals surface area contributed by atoms with E-state index in [4.69, 9.17) is 16.0 Å². The number of benzene rings is 1. The van der Waals surface area contributed by atoms with Crippen LogP contribution in [0.2, 0.25) is 5.02 Å². The van der Waals surface area contributed by atoms with Gasteiger partial charge in [-0.05, 0) is 37.6 Å². The lowest BCUT2D eigenvalue weighted by atomic mass is 9.96. The van der Waals surface area contributed by atoms with Gasteiger partial charge >= 0.3 is 0 Å². The van der Waals surface area contributed by atoms with Crippen molar-refractivity contribution in [2.45, 2.75) is 25.9 Å². The minimum Gasteiger partial charge on any atom is -0.453 e. The Kier molecular flexibility index (Phi) is 2.98. The summed E-state index contributed by atoms with van der Waals surface area (Å²) in [4.78, 5) is 12.0. The highest BCUT2D eigenvalue weighted by Crippen LogP contribution is 2.26. The summed E-state index contributed by atoms with van der Waals surface area (Å²) in [6, 6.07) is 6.72. The number of fused-ring (bicyclic) bond motifs is 1. The van der Waals surface area contributed by atoms with E-state index in [-0.39, 0.29) is 5.76 Å². The van der Waals surface area contributed by atoms with Crippen LogP contribution in [0.25, 0.3) is 11.0 Å². The predicted molar refractivity (Wildman–Crippen MR) is 66.5 cm³/mol. The zero-order valence-corrected chi connectivity index (χ0v) is 10.4. The SMILES string of the molecule is CCC(C)(O)C(=O)c1cc2cc(Cl)ccc2o1. The van der Waals surface area contributed by atoms with Gasteiger partial charge in [0, 0.05) is 10.4 Å². The third kappa shape index (κ3) is 2.21. The Hall–Kier alpha value is -1.32. The van der Waals surface area contributed by atoms with E-state index in [1.165, 1.54) is 6.92 Å². The van der Waals surface area contributed by atoms with Crippen LogP contribution in [0.1, 0.15) is 30.8 Å². The molecule has 1 atom stereocenters. The maximum atomic E-state index is 12.0. The quantitative estimate of drug-likeness (QED) is 0.852. The molecule has 1 aromatic carbocycles. The van der Waals surface area contributed by atoms with Gasteiger partial charge in [0.15, 0.2) is 5.76 Å². The monoisotopic (exact) mass is 252 g/mol. The average molecular weight is 253 g/mol. The molecule has 0 aliphatic rings. The van der Waals surface area contributed by atoms with Crippen LogP contribution in [0.3, 0.4) is 0 Å². The minimum absolute atomic E-state index is 0.161. The van der Waals surface area contributed by atoms with Crippen LogP contribution in [-0.2, 0) is 0 Å². The average Bonchev–Trinajstić information content (AvgIpc) is 2.70. The summed E-state index contributed by atoms with van der Waals surface area (Å²) < 4.78 is 5.40. The summed E-state index contributed by atoms with van der Waals surface area (Å²) >= 11 is 5.85. The van der Waals surface area contributed by atoms with Crippen LogP contribution in [-0.4, -0.2) is 16.5 Å². The molecule has 0 radical (unpaired) electrons. The Morgan fingerprint density at radius 3 is 2.82 bits per heavy atom. The predicted octanol–water partition coefficient (Wildman–Crippen LogP) is 3.43. The molecular weight excluding hydrogens is 240 g/mol. The summed E-state index contributed by atoms with van der Waals surface area (Å²) in [5.74, 6) is -0.249. The Bertz CT molecular complexity index is 569. The molecule has 1 unspecified atom stereocenters. The summed E-state index contributed by atoms with van der Waals surface area (Å²) in [6.07, 6.45) is 0.337. The van der Waals surface area contributed by atoms with Crippen LogP contribution in [0.5, 0.6) is 0 Å². The van der Waals surface area contributed by atoms with Crippen molar-refractivity contribution < 1.29 is 14.3 Å². The van der Waals surface area contributed by atoms with Crippen LogP contribution < -0.4 is 0 Å². The van der Waals surface area contributed by atoms with E-state index < -0.39 is 11.4 Å². The van der Waals surface area contributed by atoms with E-state index in [0.29, 0.717) is 17.0 Å². The van der Waals surface area contributed by atoms with Gasteiger partial charge in [-0.25, -0.2) is 0 Å². The largest absolute Gasteiger partial charge is 0.453 e. The Morgan fingerprint density at radius 2 is 2.18 bits per heavy atom. The molecular formula is C13H13ClO3. The second kappa shape index (κ2) is 4.17. The van der Waals surface area contributed by atoms with Gasteiger partial charge in [-0.2, -0.15) is 0 Å². The van der Waals surface area contributed by atoms with Crippen molar-refractivity contribution in [1.29, 1.82) is 0 Å². The standard InChI is InChI=1S/C13H13ClO3/c1-3-13(2,16)12(15)11-7-8-6-9(14)4-5-10(8)17-11/h4-7,16H,3H2,1-2H3. The third-order valence-corrected chi connectivity index (χ3v) is 3.11. The molecule has 0 aliphatic heterocycles. The molecule has 90 valence electrons. The number of hydrogen-bond acceptors (Lipinski definition) is 3. The number of carbonyl (C=O) groups is 1. The van der Waals surface area contributed by atoms with Gasteiger partial charge in [-0.1, -0.05) is 18.5 Å². The van der Waals surface area contributed by atoms with Crippen LogP contribution in [0, 0.1) is 0 Å². The van der Waals surface area contributed by atoms with Gasteiger partial charge in [-0.3, -0.25) is 4.79 Å². The van der Waals surface area contributed by atoms with Crippen molar-refractivity contribution in [3.8, 4) is 0 Å². The van der Waals surface area contributed by atoms with Crippen LogP contribution in [0.15, 0.2) is 28.7 Å². The van der Waals surface area contributed by atoms with E-state index >= 15 is 0 Å². The van der Waals surface area contributed by atoms with Crippen molar-refractivity contribution in [2.75, 3.05) is 0 Å². The molecule has 17 heavy (non-hydrogen) atoms. The molecule has 0 amide bonds. The molecule has 2 aromatic rings. The Morgan fingerprint density at radius 1 is 1.47 bits per heavy atom. The second-order valence-electron chi connectivity index (χ2n) is 4.25. The van der Waals surface area contributed by atoms with Crippen LogP contribution >= 0.6 is 11.6 Å². The van der Waals surface area contributed by atoms with E-state index in [0.717, 1.165) is 5.39 Å². The van der Waals surface area contributed by atoms with Crippen molar-refractivity contribution in [1.82, 2.24) is 0 Å². The van der Waals surface area contributed by atoms with Gasteiger partial charge in [0.2, 0.25) is 5.78 Å². The highest BCUT2D eigenvalue weighted by molar-refractivity contribution is 6.31. The molecule has 1 N–H and O–H groups in total. The first kappa shape index (κ1) is 12.1. The molecule has 0 aliphatic carbocycles. The molecule has 3 nitrogen and oxygen atoms in total. The smallest absolute Gasteiger partial charge is 0.229 e.